The molecular formula is C17H15NO3S. The number of rotatable bonds is 3. The summed E-state index contributed by atoms with van der Waals surface area (Å²) in [5.74, 6) is 0.146. The highest BCUT2D eigenvalue weighted by Crippen LogP contribution is 2.27. The molecule has 3 aromatic rings. The van der Waals surface area contributed by atoms with Gasteiger partial charge in [-0.15, -0.1) is 0 Å². The Kier molecular flexibility index (Phi) is 3.50. The van der Waals surface area contributed by atoms with Crippen molar-refractivity contribution in [3.8, 4) is 5.75 Å². The molecule has 0 spiro atoms. The number of nitrogen functional groups attached to an aromatic ring is 1. The lowest BCUT2D eigenvalue weighted by Crippen LogP contribution is -2.11. The Morgan fingerprint density at radius 1 is 0.909 bits per heavy atom. The lowest BCUT2D eigenvalue weighted by atomic mass is 10.1. The third kappa shape index (κ3) is 2.76. The molecule has 0 aliphatic carbocycles. The van der Waals surface area contributed by atoms with Crippen LogP contribution in [0.2, 0.25) is 0 Å². The smallest absolute Gasteiger partial charge is 0.339 e. The van der Waals surface area contributed by atoms with Gasteiger partial charge in [0.2, 0.25) is 0 Å². The van der Waals surface area contributed by atoms with E-state index < -0.39 is 10.1 Å². The van der Waals surface area contributed by atoms with E-state index in [1.165, 1.54) is 6.07 Å². The maximum absolute atomic E-state index is 12.4. The molecule has 0 unspecified atom stereocenters. The Morgan fingerprint density at radius 2 is 1.64 bits per heavy atom. The van der Waals surface area contributed by atoms with Crippen LogP contribution in [0.5, 0.6) is 5.75 Å². The molecule has 22 heavy (non-hydrogen) atoms. The van der Waals surface area contributed by atoms with Crippen molar-refractivity contribution in [3.63, 3.8) is 0 Å². The summed E-state index contributed by atoms with van der Waals surface area (Å²) in [6, 6.07) is 17.4. The zero-order valence-electron chi connectivity index (χ0n) is 12.0. The fourth-order valence-electron chi connectivity index (χ4n) is 2.20. The third-order valence-corrected chi connectivity index (χ3v) is 4.61. The van der Waals surface area contributed by atoms with Crippen molar-refractivity contribution >= 4 is 26.6 Å². The van der Waals surface area contributed by atoms with Gasteiger partial charge in [-0.05, 0) is 47.5 Å². The van der Waals surface area contributed by atoms with Gasteiger partial charge in [0.05, 0.1) is 5.69 Å². The molecule has 0 fully saturated rings. The minimum atomic E-state index is -3.92. The summed E-state index contributed by atoms with van der Waals surface area (Å²) in [5, 5.41) is 1.81. The average molecular weight is 313 g/mol. The number of fused-ring (bicyclic) bond motifs is 1. The van der Waals surface area contributed by atoms with E-state index in [4.69, 9.17) is 9.92 Å². The summed E-state index contributed by atoms with van der Waals surface area (Å²) in [6.45, 7) is 1.84. The topological polar surface area (TPSA) is 69.4 Å². The Bertz CT molecular complexity index is 949. The van der Waals surface area contributed by atoms with Gasteiger partial charge in [0.25, 0.3) is 0 Å². The number of hydrogen-bond acceptors (Lipinski definition) is 4. The highest BCUT2D eigenvalue weighted by atomic mass is 32.2. The van der Waals surface area contributed by atoms with E-state index >= 15 is 0 Å². The van der Waals surface area contributed by atoms with Crippen LogP contribution >= 0.6 is 0 Å². The van der Waals surface area contributed by atoms with Gasteiger partial charge in [-0.2, -0.15) is 8.42 Å². The predicted molar refractivity (Wildman–Crippen MR) is 87.4 cm³/mol. The Morgan fingerprint density at radius 3 is 2.41 bits per heavy atom. The maximum Gasteiger partial charge on any atom is 0.339 e. The molecule has 0 saturated carbocycles. The van der Waals surface area contributed by atoms with E-state index in [2.05, 4.69) is 0 Å². The van der Waals surface area contributed by atoms with Crippen molar-refractivity contribution in [1.29, 1.82) is 0 Å². The molecule has 0 saturated heterocycles. The quantitative estimate of drug-likeness (QED) is 0.593. The van der Waals surface area contributed by atoms with Gasteiger partial charge < -0.3 is 9.92 Å². The minimum Gasteiger partial charge on any atom is -0.396 e. The zero-order chi connectivity index (χ0) is 15.7. The normalized spacial score (nSPS) is 11.5. The summed E-state index contributed by atoms with van der Waals surface area (Å²) >= 11 is 0. The SMILES string of the molecule is Cc1ccc(N)c(OS(=O)(=O)c2ccc3ccccc3c2)c1. The Labute approximate surface area is 129 Å². The van der Waals surface area contributed by atoms with E-state index in [-0.39, 0.29) is 16.3 Å². The van der Waals surface area contributed by atoms with Crippen molar-refractivity contribution in [1.82, 2.24) is 0 Å². The van der Waals surface area contributed by atoms with Crippen LogP contribution in [-0.4, -0.2) is 8.42 Å². The van der Waals surface area contributed by atoms with Gasteiger partial charge in [-0.25, -0.2) is 0 Å². The summed E-state index contributed by atoms with van der Waals surface area (Å²) in [7, 11) is -3.92. The number of anilines is 1. The van der Waals surface area contributed by atoms with Crippen LogP contribution in [0.4, 0.5) is 5.69 Å². The highest BCUT2D eigenvalue weighted by molar-refractivity contribution is 7.87. The third-order valence-electron chi connectivity index (χ3n) is 3.38. The standard InChI is InChI=1S/C17H15NO3S/c1-12-6-9-16(18)17(10-12)21-22(19,20)15-8-7-13-4-2-3-5-14(13)11-15/h2-11H,18H2,1H3. The second kappa shape index (κ2) is 5.35. The van der Waals surface area contributed by atoms with Crippen molar-refractivity contribution in [2.24, 2.45) is 0 Å². The Hall–Kier alpha value is -2.53. The first kappa shape index (κ1) is 14.4. The van der Waals surface area contributed by atoms with Crippen molar-refractivity contribution in [3.05, 3.63) is 66.2 Å². The lowest BCUT2D eigenvalue weighted by Gasteiger charge is -2.10. The number of aryl methyl sites for hydroxylation is 1. The van der Waals surface area contributed by atoms with Gasteiger partial charge in [-0.3, -0.25) is 0 Å². The van der Waals surface area contributed by atoms with Crippen molar-refractivity contribution < 1.29 is 12.6 Å². The van der Waals surface area contributed by atoms with Crippen LogP contribution < -0.4 is 9.92 Å². The van der Waals surface area contributed by atoms with Gasteiger partial charge in [0.15, 0.2) is 5.75 Å². The van der Waals surface area contributed by atoms with E-state index in [9.17, 15) is 8.42 Å². The number of hydrogen-bond donors (Lipinski definition) is 1. The summed E-state index contributed by atoms with van der Waals surface area (Å²) in [6.07, 6.45) is 0. The van der Waals surface area contributed by atoms with Gasteiger partial charge in [0, 0.05) is 0 Å². The lowest BCUT2D eigenvalue weighted by molar-refractivity contribution is 0.487. The zero-order valence-corrected chi connectivity index (χ0v) is 12.8. The van der Waals surface area contributed by atoms with Gasteiger partial charge in [0.1, 0.15) is 4.90 Å². The minimum absolute atomic E-state index is 0.104. The summed E-state index contributed by atoms with van der Waals surface area (Å²) in [4.78, 5) is 0.104. The molecule has 2 N–H and O–H groups in total. The summed E-state index contributed by atoms with van der Waals surface area (Å²) in [5.41, 5.74) is 6.94. The van der Waals surface area contributed by atoms with Gasteiger partial charge >= 0.3 is 10.1 Å². The van der Waals surface area contributed by atoms with Crippen molar-refractivity contribution in [2.45, 2.75) is 11.8 Å². The monoisotopic (exact) mass is 313 g/mol. The first-order valence-corrected chi connectivity index (χ1v) is 8.16. The Balaban J connectivity index is 2.02. The average Bonchev–Trinajstić information content (AvgIpc) is 2.50. The van der Waals surface area contributed by atoms with Crippen LogP contribution in [-0.2, 0) is 10.1 Å². The van der Waals surface area contributed by atoms with Crippen LogP contribution in [0, 0.1) is 6.92 Å². The fourth-order valence-corrected chi connectivity index (χ4v) is 3.19. The number of benzene rings is 3. The van der Waals surface area contributed by atoms with Crippen LogP contribution in [0.1, 0.15) is 5.56 Å². The second-order valence-corrected chi connectivity index (χ2v) is 6.63. The second-order valence-electron chi connectivity index (χ2n) is 5.09. The van der Waals surface area contributed by atoms with E-state index in [1.54, 1.807) is 30.3 Å². The molecule has 3 aromatic carbocycles. The van der Waals surface area contributed by atoms with Crippen LogP contribution in [0.25, 0.3) is 10.8 Å². The molecule has 0 aliphatic rings. The molecule has 112 valence electrons. The molecule has 0 atom stereocenters. The van der Waals surface area contributed by atoms with Crippen molar-refractivity contribution in [2.75, 3.05) is 5.73 Å². The molecular weight excluding hydrogens is 298 g/mol. The molecule has 4 nitrogen and oxygen atoms in total. The summed E-state index contributed by atoms with van der Waals surface area (Å²) < 4.78 is 30.1. The fraction of sp³-hybridized carbons (Fsp3) is 0.0588. The predicted octanol–water partition coefficient (Wildman–Crippen LogP) is 3.50. The van der Waals surface area contributed by atoms with Crippen LogP contribution in [0.15, 0.2) is 65.6 Å². The largest absolute Gasteiger partial charge is 0.396 e. The molecule has 0 aromatic heterocycles. The molecule has 0 amide bonds. The van der Waals surface area contributed by atoms with Gasteiger partial charge in [-0.1, -0.05) is 36.4 Å². The first-order chi connectivity index (χ1) is 10.5. The molecule has 3 rings (SSSR count). The first-order valence-electron chi connectivity index (χ1n) is 6.75. The number of nitrogens with two attached hydrogens (primary N) is 1. The molecule has 0 bridgehead atoms. The maximum atomic E-state index is 12.4. The van der Waals surface area contributed by atoms with E-state index in [0.29, 0.717) is 0 Å². The van der Waals surface area contributed by atoms with E-state index in [0.717, 1.165) is 16.3 Å². The molecule has 5 heteroatoms. The molecule has 0 heterocycles. The van der Waals surface area contributed by atoms with E-state index in [1.807, 2.05) is 31.2 Å². The molecule has 0 radical (unpaired) electrons. The molecule has 0 aliphatic heterocycles. The highest BCUT2D eigenvalue weighted by Gasteiger charge is 2.18. The van der Waals surface area contributed by atoms with Crippen LogP contribution in [0.3, 0.4) is 0 Å².